The summed E-state index contributed by atoms with van der Waals surface area (Å²) in [6, 6.07) is 8.06. The molecule has 0 saturated carbocycles. The maximum atomic E-state index is 13.1. The molecule has 20 heavy (non-hydrogen) atoms. The molecule has 0 spiro atoms. The third-order valence-electron chi connectivity index (χ3n) is 2.80. The van der Waals surface area contributed by atoms with Crippen molar-refractivity contribution in [1.82, 2.24) is 15.1 Å². The lowest BCUT2D eigenvalue weighted by molar-refractivity contribution is 0.424. The Bertz CT molecular complexity index is 727. The number of halogens is 1. The van der Waals surface area contributed by atoms with E-state index in [0.29, 0.717) is 23.7 Å². The largest absolute Gasteiger partial charge is 0.396 e. The van der Waals surface area contributed by atoms with Crippen LogP contribution >= 0.6 is 0 Å². The highest BCUT2D eigenvalue weighted by molar-refractivity contribution is 5.60. The monoisotopic (exact) mass is 270 g/mol. The molecule has 3 aromatic rings. The summed E-state index contributed by atoms with van der Waals surface area (Å²) in [6.45, 7) is 0. The van der Waals surface area contributed by atoms with Crippen LogP contribution in [0.5, 0.6) is 0 Å². The molecule has 0 bridgehead atoms. The average Bonchev–Trinajstić information content (AvgIpc) is 2.91. The van der Waals surface area contributed by atoms with Crippen molar-refractivity contribution < 1.29 is 8.91 Å². The minimum Gasteiger partial charge on any atom is -0.396 e. The molecule has 0 fully saturated rings. The van der Waals surface area contributed by atoms with E-state index < -0.39 is 5.82 Å². The van der Waals surface area contributed by atoms with Gasteiger partial charge in [0.25, 0.3) is 5.89 Å². The fraction of sp³-hybridized carbons (Fsp3) is 0.0714. The molecular weight excluding hydrogens is 259 g/mol. The van der Waals surface area contributed by atoms with Gasteiger partial charge in [-0.1, -0.05) is 11.2 Å². The van der Waals surface area contributed by atoms with Crippen molar-refractivity contribution in [3.8, 4) is 11.5 Å². The Labute approximate surface area is 114 Å². The first kappa shape index (κ1) is 12.3. The second kappa shape index (κ2) is 5.08. The molecule has 0 radical (unpaired) electrons. The highest BCUT2D eigenvalue weighted by atomic mass is 19.1. The van der Waals surface area contributed by atoms with E-state index in [1.54, 1.807) is 18.5 Å². The van der Waals surface area contributed by atoms with Crippen LogP contribution in [0.1, 0.15) is 11.4 Å². The highest BCUT2D eigenvalue weighted by Crippen LogP contribution is 2.22. The summed E-state index contributed by atoms with van der Waals surface area (Å²) < 4.78 is 18.3. The zero-order chi connectivity index (χ0) is 13.9. The number of pyridine rings is 1. The molecule has 0 atom stereocenters. The van der Waals surface area contributed by atoms with Gasteiger partial charge in [0.15, 0.2) is 5.82 Å². The molecule has 2 aromatic heterocycles. The number of anilines is 1. The van der Waals surface area contributed by atoms with Crippen LogP contribution in [0.25, 0.3) is 11.5 Å². The Morgan fingerprint density at radius 2 is 2.15 bits per heavy atom. The summed E-state index contributed by atoms with van der Waals surface area (Å²) in [6.07, 6.45) is 3.96. The zero-order valence-corrected chi connectivity index (χ0v) is 10.5. The SMILES string of the molecule is Nc1cc(-c2nc(Cc3cccnc3)no2)ccc1F. The summed E-state index contributed by atoms with van der Waals surface area (Å²) in [7, 11) is 0. The number of benzene rings is 1. The average molecular weight is 270 g/mol. The van der Waals surface area contributed by atoms with Gasteiger partial charge in [-0.25, -0.2) is 4.39 Å². The van der Waals surface area contributed by atoms with Gasteiger partial charge in [-0.05, 0) is 29.8 Å². The van der Waals surface area contributed by atoms with Crippen LogP contribution in [-0.4, -0.2) is 15.1 Å². The van der Waals surface area contributed by atoms with E-state index in [-0.39, 0.29) is 5.69 Å². The van der Waals surface area contributed by atoms with Gasteiger partial charge in [0.2, 0.25) is 0 Å². The van der Waals surface area contributed by atoms with Gasteiger partial charge < -0.3 is 10.3 Å². The Morgan fingerprint density at radius 3 is 2.90 bits per heavy atom. The van der Waals surface area contributed by atoms with Gasteiger partial charge >= 0.3 is 0 Å². The third kappa shape index (κ3) is 2.49. The molecule has 0 amide bonds. The number of aromatic nitrogens is 3. The van der Waals surface area contributed by atoms with Gasteiger partial charge in [0.05, 0.1) is 5.69 Å². The maximum Gasteiger partial charge on any atom is 0.258 e. The Hall–Kier alpha value is -2.76. The molecule has 0 aliphatic heterocycles. The molecule has 0 unspecified atom stereocenters. The molecule has 0 aliphatic carbocycles. The lowest BCUT2D eigenvalue weighted by Gasteiger charge is -1.98. The van der Waals surface area contributed by atoms with Crippen LogP contribution in [0.15, 0.2) is 47.2 Å². The van der Waals surface area contributed by atoms with Crippen LogP contribution in [0.4, 0.5) is 10.1 Å². The first-order valence-electron chi connectivity index (χ1n) is 5.99. The molecule has 0 saturated heterocycles. The predicted molar refractivity (Wildman–Crippen MR) is 71.1 cm³/mol. The molecule has 5 nitrogen and oxygen atoms in total. The van der Waals surface area contributed by atoms with Crippen LogP contribution in [0.2, 0.25) is 0 Å². The highest BCUT2D eigenvalue weighted by Gasteiger charge is 2.11. The molecule has 3 rings (SSSR count). The van der Waals surface area contributed by atoms with E-state index in [4.69, 9.17) is 10.3 Å². The van der Waals surface area contributed by atoms with E-state index in [1.807, 2.05) is 12.1 Å². The molecule has 1 aromatic carbocycles. The van der Waals surface area contributed by atoms with E-state index >= 15 is 0 Å². The first-order chi connectivity index (χ1) is 9.72. The topological polar surface area (TPSA) is 77.8 Å². The van der Waals surface area contributed by atoms with E-state index in [2.05, 4.69) is 15.1 Å². The molecular formula is C14H11FN4O. The number of hydrogen-bond donors (Lipinski definition) is 1. The van der Waals surface area contributed by atoms with Crippen molar-refractivity contribution in [3.63, 3.8) is 0 Å². The summed E-state index contributed by atoms with van der Waals surface area (Å²) >= 11 is 0. The lowest BCUT2D eigenvalue weighted by atomic mass is 10.2. The van der Waals surface area contributed by atoms with Gasteiger partial charge in [0.1, 0.15) is 5.82 Å². The first-order valence-corrected chi connectivity index (χ1v) is 5.99. The van der Waals surface area contributed by atoms with Crippen LogP contribution in [0.3, 0.4) is 0 Å². The van der Waals surface area contributed by atoms with Crippen LogP contribution in [0, 0.1) is 5.82 Å². The van der Waals surface area contributed by atoms with Gasteiger partial charge in [0, 0.05) is 24.4 Å². The summed E-state index contributed by atoms with van der Waals surface area (Å²) in [5.41, 5.74) is 7.14. The summed E-state index contributed by atoms with van der Waals surface area (Å²) in [5, 5.41) is 3.89. The fourth-order valence-corrected chi connectivity index (χ4v) is 1.81. The second-order valence-corrected chi connectivity index (χ2v) is 4.29. The maximum absolute atomic E-state index is 13.1. The molecule has 2 heterocycles. The number of rotatable bonds is 3. The van der Waals surface area contributed by atoms with Crippen molar-refractivity contribution in [2.24, 2.45) is 0 Å². The van der Waals surface area contributed by atoms with Crippen LogP contribution < -0.4 is 5.73 Å². The van der Waals surface area contributed by atoms with Crippen molar-refractivity contribution in [1.29, 1.82) is 0 Å². The number of nitrogens with two attached hydrogens (primary N) is 1. The second-order valence-electron chi connectivity index (χ2n) is 4.29. The van der Waals surface area contributed by atoms with E-state index in [1.165, 1.54) is 12.1 Å². The zero-order valence-electron chi connectivity index (χ0n) is 10.5. The minimum absolute atomic E-state index is 0.0505. The molecule has 0 aliphatic rings. The van der Waals surface area contributed by atoms with Crippen molar-refractivity contribution >= 4 is 5.69 Å². The van der Waals surface area contributed by atoms with E-state index in [0.717, 1.165) is 5.56 Å². The smallest absolute Gasteiger partial charge is 0.258 e. The molecule has 100 valence electrons. The number of nitrogens with zero attached hydrogens (tertiary/aromatic N) is 3. The number of hydrogen-bond acceptors (Lipinski definition) is 5. The lowest BCUT2D eigenvalue weighted by Crippen LogP contribution is -1.92. The summed E-state index contributed by atoms with van der Waals surface area (Å²) in [4.78, 5) is 8.29. The Kier molecular flexibility index (Phi) is 3.12. The third-order valence-corrected chi connectivity index (χ3v) is 2.80. The Morgan fingerprint density at radius 1 is 1.25 bits per heavy atom. The van der Waals surface area contributed by atoms with Crippen molar-refractivity contribution in [2.45, 2.75) is 6.42 Å². The summed E-state index contributed by atoms with van der Waals surface area (Å²) in [5.74, 6) is 0.385. The van der Waals surface area contributed by atoms with Crippen molar-refractivity contribution in [2.75, 3.05) is 5.73 Å². The minimum atomic E-state index is -0.469. The predicted octanol–water partition coefficient (Wildman–Crippen LogP) is 2.44. The standard InChI is InChI=1S/C14H11FN4O/c15-11-4-3-10(7-12(11)16)14-18-13(19-20-14)6-9-2-1-5-17-8-9/h1-5,7-8H,6,16H2. The van der Waals surface area contributed by atoms with Crippen molar-refractivity contribution in [3.05, 3.63) is 59.9 Å². The van der Waals surface area contributed by atoms with Gasteiger partial charge in [-0.15, -0.1) is 0 Å². The number of nitrogen functional groups attached to an aromatic ring is 1. The van der Waals surface area contributed by atoms with Gasteiger partial charge in [-0.3, -0.25) is 4.98 Å². The molecule has 2 N–H and O–H groups in total. The van der Waals surface area contributed by atoms with Gasteiger partial charge in [-0.2, -0.15) is 4.98 Å². The normalized spacial score (nSPS) is 10.7. The fourth-order valence-electron chi connectivity index (χ4n) is 1.81. The molecule has 6 heteroatoms. The quantitative estimate of drug-likeness (QED) is 0.739. The van der Waals surface area contributed by atoms with E-state index in [9.17, 15) is 4.39 Å². The van der Waals surface area contributed by atoms with Crippen LogP contribution in [-0.2, 0) is 6.42 Å². The Balaban J connectivity index is 1.84.